The van der Waals surface area contributed by atoms with Crippen LogP contribution in [0.5, 0.6) is 0 Å². The summed E-state index contributed by atoms with van der Waals surface area (Å²) in [5, 5.41) is 0. The quantitative estimate of drug-likeness (QED) is 0.0265. The molecule has 0 aliphatic rings. The summed E-state index contributed by atoms with van der Waals surface area (Å²) in [6.45, 7) is 6.51. The first-order chi connectivity index (χ1) is 27.5. The molecule has 1 unspecified atom stereocenters. The Labute approximate surface area is 346 Å². The molecule has 0 rings (SSSR count). The minimum absolute atomic E-state index is 0.0742. The predicted octanol–water partition coefficient (Wildman–Crippen LogP) is 15.4. The third-order valence-corrected chi connectivity index (χ3v) is 10.4. The lowest BCUT2D eigenvalue weighted by atomic mass is 10.0. The van der Waals surface area contributed by atoms with Crippen LogP contribution in [0, 0.1) is 0 Å². The average molecular weight is 787 g/mol. The molecule has 0 saturated heterocycles. The highest BCUT2D eigenvalue weighted by Gasteiger charge is 2.19. The first-order valence-electron chi connectivity index (χ1n) is 24.0. The Kier molecular flexibility index (Phi) is 43.4. The molecule has 0 aromatic heterocycles. The van der Waals surface area contributed by atoms with Crippen LogP contribution in [-0.4, -0.2) is 37.2 Å². The maximum atomic E-state index is 12.7. The van der Waals surface area contributed by atoms with Gasteiger partial charge in [0.1, 0.15) is 13.2 Å². The third kappa shape index (κ3) is 42.8. The van der Waals surface area contributed by atoms with Crippen molar-refractivity contribution in [2.24, 2.45) is 0 Å². The van der Waals surface area contributed by atoms with Gasteiger partial charge in [0.25, 0.3) is 0 Å². The van der Waals surface area contributed by atoms with Gasteiger partial charge >= 0.3 is 17.9 Å². The molecule has 0 saturated carbocycles. The Balaban J connectivity index is 4.36. The highest BCUT2D eigenvalue weighted by Crippen LogP contribution is 2.15. The number of ether oxygens (including phenoxy) is 3. The van der Waals surface area contributed by atoms with Gasteiger partial charge in [-0.05, 0) is 51.4 Å². The Morgan fingerprint density at radius 1 is 0.375 bits per heavy atom. The van der Waals surface area contributed by atoms with Gasteiger partial charge in [-0.1, -0.05) is 211 Å². The normalized spacial score (nSPS) is 12.3. The Hall–Kier alpha value is -2.37. The standard InChI is InChI=1S/C50H90O6/c1-4-7-10-13-16-19-22-24-25-27-28-31-34-37-40-43-49(52)55-46-47(45-54-48(51)42-39-36-33-30-21-18-15-12-9-6-3)56-50(53)44-41-38-35-32-29-26-23-20-17-14-11-8-5-2/h7,10,16,19,24-25,47H,4-6,8-9,11-15,17-18,20-23,26-46H2,1-3H3/b10-7-,19-16-,25-24-. The van der Waals surface area contributed by atoms with Crippen LogP contribution in [0.2, 0.25) is 0 Å². The maximum absolute atomic E-state index is 12.7. The SMILES string of the molecule is CC/C=C\C/C=C\C/C=C\CCCCCCCC(=O)OCC(COC(=O)CCCCCCCCCCCC)OC(=O)CCCCCCCCCCCCCCC. The molecule has 56 heavy (non-hydrogen) atoms. The molecule has 326 valence electrons. The molecule has 0 fully saturated rings. The molecule has 0 bridgehead atoms. The lowest BCUT2D eigenvalue weighted by Crippen LogP contribution is -2.30. The van der Waals surface area contributed by atoms with Crippen molar-refractivity contribution in [3.05, 3.63) is 36.5 Å². The van der Waals surface area contributed by atoms with E-state index >= 15 is 0 Å². The molecule has 0 aromatic rings. The van der Waals surface area contributed by atoms with E-state index in [-0.39, 0.29) is 31.1 Å². The molecular formula is C50H90O6. The summed E-state index contributed by atoms with van der Waals surface area (Å²) in [5.74, 6) is -0.886. The number of hydrogen-bond donors (Lipinski definition) is 0. The van der Waals surface area contributed by atoms with Crippen LogP contribution < -0.4 is 0 Å². The zero-order valence-corrected chi connectivity index (χ0v) is 37.2. The molecule has 0 spiro atoms. The number of allylic oxidation sites excluding steroid dienone is 6. The number of hydrogen-bond acceptors (Lipinski definition) is 6. The molecule has 6 heteroatoms. The molecule has 0 aliphatic carbocycles. The summed E-state index contributed by atoms with van der Waals surface area (Å²) in [6.07, 6.45) is 51.2. The summed E-state index contributed by atoms with van der Waals surface area (Å²) in [5.41, 5.74) is 0. The van der Waals surface area contributed by atoms with Crippen LogP contribution in [0.1, 0.15) is 245 Å². The highest BCUT2D eigenvalue weighted by atomic mass is 16.6. The largest absolute Gasteiger partial charge is 0.462 e. The minimum Gasteiger partial charge on any atom is -0.462 e. The van der Waals surface area contributed by atoms with Gasteiger partial charge in [0.05, 0.1) is 0 Å². The van der Waals surface area contributed by atoms with Crippen molar-refractivity contribution in [2.75, 3.05) is 13.2 Å². The van der Waals surface area contributed by atoms with E-state index in [4.69, 9.17) is 14.2 Å². The van der Waals surface area contributed by atoms with Crippen molar-refractivity contribution in [3.63, 3.8) is 0 Å². The molecule has 0 radical (unpaired) electrons. The van der Waals surface area contributed by atoms with Gasteiger partial charge in [-0.2, -0.15) is 0 Å². The van der Waals surface area contributed by atoms with Gasteiger partial charge in [0, 0.05) is 19.3 Å². The van der Waals surface area contributed by atoms with E-state index in [0.717, 1.165) is 96.3 Å². The van der Waals surface area contributed by atoms with Crippen molar-refractivity contribution in [2.45, 2.75) is 252 Å². The van der Waals surface area contributed by atoms with Gasteiger partial charge < -0.3 is 14.2 Å². The van der Waals surface area contributed by atoms with Crippen molar-refractivity contribution < 1.29 is 28.6 Å². The zero-order valence-electron chi connectivity index (χ0n) is 37.2. The van der Waals surface area contributed by atoms with Crippen molar-refractivity contribution in [1.29, 1.82) is 0 Å². The monoisotopic (exact) mass is 787 g/mol. The maximum Gasteiger partial charge on any atom is 0.306 e. The zero-order chi connectivity index (χ0) is 40.8. The van der Waals surface area contributed by atoms with Gasteiger partial charge in [0.15, 0.2) is 6.10 Å². The topological polar surface area (TPSA) is 78.9 Å². The van der Waals surface area contributed by atoms with Crippen molar-refractivity contribution in [3.8, 4) is 0 Å². The number of carbonyl (C=O) groups excluding carboxylic acids is 3. The lowest BCUT2D eigenvalue weighted by Gasteiger charge is -2.18. The fourth-order valence-corrected chi connectivity index (χ4v) is 6.81. The molecule has 0 heterocycles. The van der Waals surface area contributed by atoms with Crippen LogP contribution in [0.3, 0.4) is 0 Å². The van der Waals surface area contributed by atoms with Crippen LogP contribution in [0.15, 0.2) is 36.5 Å². The molecule has 0 aromatic carbocycles. The van der Waals surface area contributed by atoms with Crippen molar-refractivity contribution >= 4 is 17.9 Å². The fraction of sp³-hybridized carbons (Fsp3) is 0.820. The first kappa shape index (κ1) is 53.6. The first-order valence-corrected chi connectivity index (χ1v) is 24.0. The van der Waals surface area contributed by atoms with E-state index in [0.29, 0.717) is 19.3 Å². The van der Waals surface area contributed by atoms with E-state index in [9.17, 15) is 14.4 Å². The van der Waals surface area contributed by atoms with Crippen LogP contribution >= 0.6 is 0 Å². The van der Waals surface area contributed by atoms with Crippen molar-refractivity contribution in [1.82, 2.24) is 0 Å². The summed E-state index contributed by atoms with van der Waals surface area (Å²) in [7, 11) is 0. The highest BCUT2D eigenvalue weighted by molar-refractivity contribution is 5.71. The molecule has 1 atom stereocenters. The lowest BCUT2D eigenvalue weighted by molar-refractivity contribution is -0.167. The summed E-state index contributed by atoms with van der Waals surface area (Å²) in [6, 6.07) is 0. The number of rotatable bonds is 43. The molecule has 0 N–H and O–H groups in total. The second-order valence-electron chi connectivity index (χ2n) is 16.0. The molecular weight excluding hydrogens is 697 g/mol. The van der Waals surface area contributed by atoms with E-state index in [1.165, 1.54) is 109 Å². The molecule has 0 amide bonds. The van der Waals surface area contributed by atoms with E-state index in [2.05, 4.69) is 57.2 Å². The number of carbonyl (C=O) groups is 3. The van der Waals surface area contributed by atoms with Gasteiger partial charge in [-0.15, -0.1) is 0 Å². The number of esters is 3. The number of unbranched alkanes of at least 4 members (excludes halogenated alkanes) is 26. The second kappa shape index (κ2) is 45.3. The predicted molar refractivity (Wildman–Crippen MR) is 238 cm³/mol. The van der Waals surface area contributed by atoms with Crippen LogP contribution in [0.25, 0.3) is 0 Å². The van der Waals surface area contributed by atoms with E-state index in [1.54, 1.807) is 0 Å². The van der Waals surface area contributed by atoms with Gasteiger partial charge in [-0.3, -0.25) is 14.4 Å². The molecule has 0 aliphatic heterocycles. The van der Waals surface area contributed by atoms with Gasteiger partial charge in [0.2, 0.25) is 0 Å². The minimum atomic E-state index is -0.772. The van der Waals surface area contributed by atoms with E-state index < -0.39 is 6.10 Å². The summed E-state index contributed by atoms with van der Waals surface area (Å²) in [4.78, 5) is 37.8. The Morgan fingerprint density at radius 3 is 1.09 bits per heavy atom. The molecule has 6 nitrogen and oxygen atoms in total. The fourth-order valence-electron chi connectivity index (χ4n) is 6.81. The van der Waals surface area contributed by atoms with E-state index in [1.807, 2.05) is 0 Å². The van der Waals surface area contributed by atoms with Crippen LogP contribution in [0.4, 0.5) is 0 Å². The van der Waals surface area contributed by atoms with Crippen LogP contribution in [-0.2, 0) is 28.6 Å². The Morgan fingerprint density at radius 2 is 0.696 bits per heavy atom. The second-order valence-corrected chi connectivity index (χ2v) is 16.0. The summed E-state index contributed by atoms with van der Waals surface area (Å²) >= 11 is 0. The smallest absolute Gasteiger partial charge is 0.306 e. The third-order valence-electron chi connectivity index (χ3n) is 10.4. The summed E-state index contributed by atoms with van der Waals surface area (Å²) < 4.78 is 16.7. The Bertz CT molecular complexity index is 953. The average Bonchev–Trinajstić information content (AvgIpc) is 3.19. The van der Waals surface area contributed by atoms with Gasteiger partial charge in [-0.25, -0.2) is 0 Å².